The van der Waals surface area contributed by atoms with E-state index in [1.54, 1.807) is 13.0 Å². The number of benzene rings is 1. The Kier molecular flexibility index (Phi) is 3.06. The summed E-state index contributed by atoms with van der Waals surface area (Å²) < 4.78 is 18.1. The fourth-order valence-corrected chi connectivity index (χ4v) is 1.24. The van der Waals surface area contributed by atoms with Crippen LogP contribution in [-0.2, 0) is 0 Å². The molecule has 1 amide bonds. The number of methoxy groups -OCH3 is 1. The minimum atomic E-state index is -0.522. The SMILES string of the molecule is CNC(=O)c1cc(C)cc(F)c1OC. The highest BCUT2D eigenvalue weighted by molar-refractivity contribution is 5.97. The normalized spacial score (nSPS) is 9.71. The summed E-state index contributed by atoms with van der Waals surface area (Å²) in [5.41, 5.74) is 0.898. The number of amides is 1. The molecule has 0 unspecified atom stereocenters. The number of nitrogens with one attached hydrogen (secondary N) is 1. The highest BCUT2D eigenvalue weighted by atomic mass is 19.1. The zero-order chi connectivity index (χ0) is 10.7. The van der Waals surface area contributed by atoms with Gasteiger partial charge in [0.2, 0.25) is 0 Å². The molecule has 0 atom stereocenters. The van der Waals surface area contributed by atoms with Crippen LogP contribution < -0.4 is 10.1 Å². The quantitative estimate of drug-likeness (QED) is 0.780. The van der Waals surface area contributed by atoms with E-state index >= 15 is 0 Å². The molecule has 0 saturated heterocycles. The van der Waals surface area contributed by atoms with Gasteiger partial charge in [-0.3, -0.25) is 4.79 Å². The van der Waals surface area contributed by atoms with Crippen molar-refractivity contribution in [1.29, 1.82) is 0 Å². The Morgan fingerprint density at radius 1 is 1.50 bits per heavy atom. The van der Waals surface area contributed by atoms with Gasteiger partial charge in [-0.2, -0.15) is 0 Å². The molecule has 0 bridgehead atoms. The van der Waals surface area contributed by atoms with E-state index in [4.69, 9.17) is 4.74 Å². The molecule has 0 aliphatic carbocycles. The van der Waals surface area contributed by atoms with Crippen molar-refractivity contribution >= 4 is 5.91 Å². The molecule has 0 aliphatic rings. The van der Waals surface area contributed by atoms with Crippen molar-refractivity contribution < 1.29 is 13.9 Å². The van der Waals surface area contributed by atoms with Crippen molar-refractivity contribution in [3.8, 4) is 5.75 Å². The second-order valence-electron chi connectivity index (χ2n) is 2.91. The Labute approximate surface area is 81.9 Å². The lowest BCUT2D eigenvalue weighted by Gasteiger charge is -2.09. The van der Waals surface area contributed by atoms with Crippen LogP contribution in [0.25, 0.3) is 0 Å². The van der Waals surface area contributed by atoms with Crippen LogP contribution in [0, 0.1) is 12.7 Å². The summed E-state index contributed by atoms with van der Waals surface area (Å²) in [7, 11) is 2.82. The molecule has 1 rings (SSSR count). The highest BCUT2D eigenvalue weighted by Gasteiger charge is 2.15. The van der Waals surface area contributed by atoms with Crippen molar-refractivity contribution in [3.05, 3.63) is 29.1 Å². The number of rotatable bonds is 2. The summed E-state index contributed by atoms with van der Waals surface area (Å²) in [5, 5.41) is 2.42. The molecule has 0 saturated carbocycles. The monoisotopic (exact) mass is 197 g/mol. The minimum absolute atomic E-state index is 0.0186. The van der Waals surface area contributed by atoms with Crippen LogP contribution in [0.2, 0.25) is 0 Å². The van der Waals surface area contributed by atoms with Gasteiger partial charge in [0.25, 0.3) is 5.91 Å². The molecule has 0 aliphatic heterocycles. The number of hydrogen-bond donors (Lipinski definition) is 1. The van der Waals surface area contributed by atoms with E-state index in [1.165, 1.54) is 20.2 Å². The number of carbonyl (C=O) groups is 1. The molecule has 3 nitrogen and oxygen atoms in total. The Balaban J connectivity index is 3.32. The first-order valence-electron chi connectivity index (χ1n) is 4.16. The van der Waals surface area contributed by atoms with E-state index in [9.17, 15) is 9.18 Å². The minimum Gasteiger partial charge on any atom is -0.493 e. The van der Waals surface area contributed by atoms with Gasteiger partial charge < -0.3 is 10.1 Å². The first-order valence-corrected chi connectivity index (χ1v) is 4.16. The zero-order valence-electron chi connectivity index (χ0n) is 8.35. The number of aryl methyl sites for hydroxylation is 1. The fraction of sp³-hybridized carbons (Fsp3) is 0.300. The van der Waals surface area contributed by atoms with Gasteiger partial charge in [-0.15, -0.1) is 0 Å². The molecule has 0 fully saturated rings. The van der Waals surface area contributed by atoms with Crippen molar-refractivity contribution in [2.24, 2.45) is 0 Å². The highest BCUT2D eigenvalue weighted by Crippen LogP contribution is 2.23. The average Bonchev–Trinajstić information content (AvgIpc) is 2.15. The summed E-state index contributed by atoms with van der Waals surface area (Å²) >= 11 is 0. The molecule has 1 N–H and O–H groups in total. The summed E-state index contributed by atoms with van der Waals surface area (Å²) in [5.74, 6) is -0.898. The molecule has 0 radical (unpaired) electrons. The predicted molar refractivity (Wildman–Crippen MR) is 51.1 cm³/mol. The number of carbonyl (C=O) groups excluding carboxylic acids is 1. The maximum absolute atomic E-state index is 13.3. The van der Waals surface area contributed by atoms with Crippen molar-refractivity contribution in [1.82, 2.24) is 5.32 Å². The van der Waals surface area contributed by atoms with E-state index in [0.717, 1.165) is 0 Å². The number of halogens is 1. The lowest BCUT2D eigenvalue weighted by Crippen LogP contribution is -2.19. The van der Waals surface area contributed by atoms with Crippen molar-refractivity contribution in [3.63, 3.8) is 0 Å². The van der Waals surface area contributed by atoms with Gasteiger partial charge in [0.1, 0.15) is 0 Å². The van der Waals surface area contributed by atoms with Crippen LogP contribution in [0.15, 0.2) is 12.1 Å². The standard InChI is InChI=1S/C10H12FNO2/c1-6-4-7(10(13)12-2)9(14-3)8(11)5-6/h4-5H,1-3H3,(H,12,13). The first kappa shape index (κ1) is 10.5. The summed E-state index contributed by atoms with van der Waals surface area (Å²) in [6.45, 7) is 1.72. The third-order valence-corrected chi connectivity index (χ3v) is 1.86. The third kappa shape index (κ3) is 1.84. The second-order valence-corrected chi connectivity index (χ2v) is 2.91. The van der Waals surface area contributed by atoms with Crippen molar-refractivity contribution in [2.75, 3.05) is 14.2 Å². The van der Waals surface area contributed by atoms with Crippen molar-refractivity contribution in [2.45, 2.75) is 6.92 Å². The van der Waals surface area contributed by atoms with Gasteiger partial charge in [0.05, 0.1) is 12.7 Å². The molecule has 4 heteroatoms. The molecular weight excluding hydrogens is 185 g/mol. The van der Waals surface area contributed by atoms with Gasteiger partial charge in [0.15, 0.2) is 11.6 Å². The molecule has 14 heavy (non-hydrogen) atoms. The topological polar surface area (TPSA) is 38.3 Å². The second kappa shape index (κ2) is 4.09. The number of hydrogen-bond acceptors (Lipinski definition) is 2. The van der Waals surface area contributed by atoms with Gasteiger partial charge >= 0.3 is 0 Å². The molecule has 0 aromatic heterocycles. The van der Waals surface area contributed by atoms with Gasteiger partial charge in [-0.1, -0.05) is 0 Å². The van der Waals surface area contributed by atoms with Gasteiger partial charge in [0, 0.05) is 7.05 Å². The zero-order valence-corrected chi connectivity index (χ0v) is 8.35. The fourth-order valence-electron chi connectivity index (χ4n) is 1.24. The smallest absolute Gasteiger partial charge is 0.254 e. The third-order valence-electron chi connectivity index (χ3n) is 1.86. The van der Waals surface area contributed by atoms with Gasteiger partial charge in [-0.05, 0) is 24.6 Å². The predicted octanol–water partition coefficient (Wildman–Crippen LogP) is 1.50. The lowest BCUT2D eigenvalue weighted by atomic mass is 10.1. The largest absolute Gasteiger partial charge is 0.493 e. The van der Waals surface area contributed by atoms with Gasteiger partial charge in [-0.25, -0.2) is 4.39 Å². The average molecular weight is 197 g/mol. The van der Waals surface area contributed by atoms with Crippen LogP contribution in [0.4, 0.5) is 4.39 Å². The van der Waals surface area contributed by atoms with E-state index < -0.39 is 5.82 Å². The molecule has 1 aromatic rings. The summed E-state index contributed by atoms with van der Waals surface area (Å²) in [6.07, 6.45) is 0. The van der Waals surface area contributed by atoms with E-state index in [0.29, 0.717) is 5.56 Å². The summed E-state index contributed by atoms with van der Waals surface area (Å²) in [6, 6.07) is 2.91. The molecule has 0 heterocycles. The maximum Gasteiger partial charge on any atom is 0.254 e. The molecule has 1 aromatic carbocycles. The Bertz CT molecular complexity index is 363. The molecule has 0 spiro atoms. The molecular formula is C10H12FNO2. The van der Waals surface area contributed by atoms with E-state index in [-0.39, 0.29) is 17.2 Å². The summed E-state index contributed by atoms with van der Waals surface area (Å²) in [4.78, 5) is 11.3. The maximum atomic E-state index is 13.3. The lowest BCUT2D eigenvalue weighted by molar-refractivity contribution is 0.0959. The van der Waals surface area contributed by atoms with Crippen LogP contribution in [0.1, 0.15) is 15.9 Å². The van der Waals surface area contributed by atoms with E-state index in [2.05, 4.69) is 5.32 Å². The van der Waals surface area contributed by atoms with E-state index in [1.807, 2.05) is 0 Å². The van der Waals surface area contributed by atoms with Crippen LogP contribution in [-0.4, -0.2) is 20.1 Å². The Morgan fingerprint density at radius 2 is 2.14 bits per heavy atom. The van der Waals surface area contributed by atoms with Crippen LogP contribution in [0.3, 0.4) is 0 Å². The van der Waals surface area contributed by atoms with Crippen LogP contribution >= 0.6 is 0 Å². The first-order chi connectivity index (χ1) is 6.60. The Morgan fingerprint density at radius 3 is 2.64 bits per heavy atom. The number of ether oxygens (including phenoxy) is 1. The molecule has 76 valence electrons. The van der Waals surface area contributed by atoms with Crippen LogP contribution in [0.5, 0.6) is 5.75 Å². The Hall–Kier alpha value is -1.58.